The fraction of sp³-hybridized carbons (Fsp3) is 0.286. The summed E-state index contributed by atoms with van der Waals surface area (Å²) in [6, 6.07) is 14.6. The van der Waals surface area contributed by atoms with Gasteiger partial charge in [0.15, 0.2) is 5.16 Å². The van der Waals surface area contributed by atoms with Crippen molar-refractivity contribution >= 4 is 56.5 Å². The normalized spacial score (nSPS) is 13.4. The quantitative estimate of drug-likeness (QED) is 0.122. The second kappa shape index (κ2) is 11.7. The van der Waals surface area contributed by atoms with Gasteiger partial charge in [-0.25, -0.2) is 10.4 Å². The number of carbonyl (C=O) groups is 1. The number of thioether (sulfide) groups is 1. The van der Waals surface area contributed by atoms with Gasteiger partial charge in [-0.05, 0) is 87.1 Å². The van der Waals surface area contributed by atoms with Crippen LogP contribution in [0.1, 0.15) is 42.7 Å². The predicted octanol–water partition coefficient (Wildman–Crippen LogP) is 6.01. The summed E-state index contributed by atoms with van der Waals surface area (Å²) >= 11 is 8.77. The second-order valence-corrected chi connectivity index (χ2v) is 11.3. The third-order valence-electron chi connectivity index (χ3n) is 6.31. The molecule has 2 aromatic heterocycles. The Morgan fingerprint density at radius 1 is 1.16 bits per heavy atom. The predicted molar refractivity (Wildman–Crippen MR) is 156 cm³/mol. The third kappa shape index (κ3) is 5.65. The van der Waals surface area contributed by atoms with Crippen LogP contribution in [-0.2, 0) is 17.6 Å². The Balaban J connectivity index is 1.44. The Morgan fingerprint density at radius 2 is 1.89 bits per heavy atom. The molecule has 1 amide bonds. The molecular formula is C28H27ClN4O3S2. The summed E-state index contributed by atoms with van der Waals surface area (Å²) in [4.78, 5) is 33.5. The molecule has 10 heteroatoms. The van der Waals surface area contributed by atoms with Crippen molar-refractivity contribution in [1.29, 1.82) is 0 Å². The molecule has 0 radical (unpaired) electrons. The van der Waals surface area contributed by atoms with Gasteiger partial charge in [0, 0.05) is 9.90 Å². The van der Waals surface area contributed by atoms with Crippen LogP contribution >= 0.6 is 34.7 Å². The molecule has 0 bridgehead atoms. The van der Waals surface area contributed by atoms with Crippen molar-refractivity contribution in [3.8, 4) is 11.4 Å². The minimum absolute atomic E-state index is 0.0530. The number of aryl methyl sites for hydroxylation is 2. The molecule has 0 saturated carbocycles. The summed E-state index contributed by atoms with van der Waals surface area (Å²) in [6.07, 6.45) is 4.09. The maximum Gasteiger partial charge on any atom is 0.267 e. The van der Waals surface area contributed by atoms with Crippen LogP contribution in [0, 0.1) is 0 Å². The summed E-state index contributed by atoms with van der Waals surface area (Å²) in [5, 5.41) is 6.03. The van der Waals surface area contributed by atoms with E-state index in [9.17, 15) is 9.59 Å². The number of rotatable bonds is 8. The number of benzene rings is 2. The smallest absolute Gasteiger partial charge is 0.267 e. The topological polar surface area (TPSA) is 85.6 Å². The molecule has 0 fully saturated rings. The zero-order chi connectivity index (χ0) is 26.6. The van der Waals surface area contributed by atoms with Crippen LogP contribution in [0.2, 0.25) is 5.02 Å². The lowest BCUT2D eigenvalue weighted by Crippen LogP contribution is -2.24. The van der Waals surface area contributed by atoms with Crippen LogP contribution < -0.4 is 15.7 Å². The Labute approximate surface area is 233 Å². The molecule has 196 valence electrons. The molecule has 5 rings (SSSR count). The van der Waals surface area contributed by atoms with Crippen LogP contribution in [0.5, 0.6) is 5.75 Å². The van der Waals surface area contributed by atoms with Gasteiger partial charge in [-0.1, -0.05) is 35.5 Å². The zero-order valence-corrected chi connectivity index (χ0v) is 23.5. The molecular weight excluding hydrogens is 540 g/mol. The monoisotopic (exact) mass is 566 g/mol. The molecule has 2 aromatic carbocycles. The van der Waals surface area contributed by atoms with Gasteiger partial charge in [0.2, 0.25) is 0 Å². The minimum atomic E-state index is -0.290. The minimum Gasteiger partial charge on any atom is -0.494 e. The highest BCUT2D eigenvalue weighted by Crippen LogP contribution is 2.35. The first kappa shape index (κ1) is 26.5. The SMILES string of the molecule is CCOc1ccc(-n2c(SCC(=O)NN=C(C)c3ccc(Cl)cc3)nc3sc4c(c3c2=O)CCCC4)cc1. The summed E-state index contributed by atoms with van der Waals surface area (Å²) in [7, 11) is 0. The van der Waals surface area contributed by atoms with E-state index >= 15 is 0 Å². The molecule has 4 aromatic rings. The molecule has 2 heterocycles. The average Bonchev–Trinajstić information content (AvgIpc) is 3.30. The maximum atomic E-state index is 13.9. The largest absolute Gasteiger partial charge is 0.494 e. The highest BCUT2D eigenvalue weighted by molar-refractivity contribution is 7.99. The highest BCUT2D eigenvalue weighted by Gasteiger charge is 2.23. The van der Waals surface area contributed by atoms with Crippen molar-refractivity contribution in [2.75, 3.05) is 12.4 Å². The Morgan fingerprint density at radius 3 is 2.63 bits per heavy atom. The van der Waals surface area contributed by atoms with Gasteiger partial charge in [0.1, 0.15) is 10.6 Å². The number of amides is 1. The lowest BCUT2D eigenvalue weighted by Gasteiger charge is -2.14. The van der Waals surface area contributed by atoms with Crippen molar-refractivity contribution in [1.82, 2.24) is 15.0 Å². The van der Waals surface area contributed by atoms with E-state index in [1.807, 2.05) is 50.2 Å². The van der Waals surface area contributed by atoms with Gasteiger partial charge >= 0.3 is 0 Å². The molecule has 1 N–H and O–H groups in total. The van der Waals surface area contributed by atoms with E-state index in [1.165, 1.54) is 16.6 Å². The van der Waals surface area contributed by atoms with Crippen molar-refractivity contribution in [2.24, 2.45) is 5.10 Å². The van der Waals surface area contributed by atoms with Gasteiger partial charge in [-0.3, -0.25) is 14.2 Å². The number of nitrogens with zero attached hydrogens (tertiary/aromatic N) is 3. The van der Waals surface area contributed by atoms with E-state index in [2.05, 4.69) is 10.5 Å². The number of hydrazone groups is 1. The number of aromatic nitrogens is 2. The first-order valence-corrected chi connectivity index (χ1v) is 14.6. The van der Waals surface area contributed by atoms with E-state index in [1.54, 1.807) is 28.0 Å². The van der Waals surface area contributed by atoms with E-state index in [0.29, 0.717) is 33.6 Å². The number of ether oxygens (including phenoxy) is 1. The number of thiophene rings is 1. The second-order valence-electron chi connectivity index (χ2n) is 8.88. The van der Waals surface area contributed by atoms with Crippen LogP contribution in [-0.4, -0.2) is 33.5 Å². The number of halogens is 1. The number of carbonyl (C=O) groups excluding carboxylic acids is 1. The van der Waals surface area contributed by atoms with Gasteiger partial charge in [-0.2, -0.15) is 5.10 Å². The summed E-state index contributed by atoms with van der Waals surface area (Å²) in [6.45, 7) is 4.30. The van der Waals surface area contributed by atoms with Crippen LogP contribution in [0.3, 0.4) is 0 Å². The lowest BCUT2D eigenvalue weighted by molar-refractivity contribution is -0.118. The number of hydrogen-bond acceptors (Lipinski definition) is 7. The van der Waals surface area contributed by atoms with E-state index in [4.69, 9.17) is 21.3 Å². The lowest BCUT2D eigenvalue weighted by atomic mass is 9.97. The summed E-state index contributed by atoms with van der Waals surface area (Å²) in [5.41, 5.74) is 5.85. The Hall–Kier alpha value is -3.14. The molecule has 0 unspecified atom stereocenters. The fourth-order valence-corrected chi connectivity index (χ4v) is 6.67. The number of nitrogens with one attached hydrogen (secondary N) is 1. The van der Waals surface area contributed by atoms with E-state index < -0.39 is 0 Å². The van der Waals surface area contributed by atoms with Crippen molar-refractivity contribution in [3.05, 3.63) is 79.9 Å². The molecule has 38 heavy (non-hydrogen) atoms. The molecule has 0 atom stereocenters. The first-order chi connectivity index (χ1) is 18.4. The van der Waals surface area contributed by atoms with Crippen molar-refractivity contribution in [2.45, 2.75) is 44.7 Å². The summed E-state index contributed by atoms with van der Waals surface area (Å²) < 4.78 is 7.18. The summed E-state index contributed by atoms with van der Waals surface area (Å²) in [5.74, 6) is 0.493. The maximum absolute atomic E-state index is 13.9. The Kier molecular flexibility index (Phi) is 8.16. The standard InChI is InChI=1S/C28H27ClN4O3S2/c1-3-36-21-14-12-20(13-15-21)33-27(35)25-22-6-4-5-7-23(22)38-26(25)30-28(33)37-16-24(34)32-31-17(2)18-8-10-19(29)11-9-18/h8-15H,3-7,16H2,1-2H3,(H,32,34). The third-order valence-corrected chi connectivity index (χ3v) is 8.68. The average molecular weight is 567 g/mol. The van der Waals surface area contributed by atoms with Crippen LogP contribution in [0.4, 0.5) is 0 Å². The molecule has 7 nitrogen and oxygen atoms in total. The first-order valence-electron chi connectivity index (χ1n) is 12.5. The van der Waals surface area contributed by atoms with Gasteiger partial charge in [0.25, 0.3) is 11.5 Å². The highest BCUT2D eigenvalue weighted by atomic mass is 35.5. The number of fused-ring (bicyclic) bond motifs is 3. The van der Waals surface area contributed by atoms with Crippen LogP contribution in [0.15, 0.2) is 63.6 Å². The molecule has 0 aliphatic heterocycles. The van der Waals surface area contributed by atoms with Crippen LogP contribution in [0.25, 0.3) is 15.9 Å². The molecule has 0 saturated heterocycles. The molecule has 1 aliphatic rings. The van der Waals surface area contributed by atoms with Crippen molar-refractivity contribution in [3.63, 3.8) is 0 Å². The van der Waals surface area contributed by atoms with Gasteiger partial charge in [-0.15, -0.1) is 11.3 Å². The molecule has 1 aliphatic carbocycles. The fourth-order valence-electron chi connectivity index (χ4n) is 4.43. The molecule has 0 spiro atoms. The van der Waals surface area contributed by atoms with Crippen molar-refractivity contribution < 1.29 is 9.53 Å². The van der Waals surface area contributed by atoms with E-state index in [0.717, 1.165) is 47.4 Å². The van der Waals surface area contributed by atoms with Gasteiger partial charge in [0.05, 0.1) is 29.1 Å². The zero-order valence-electron chi connectivity index (χ0n) is 21.1. The van der Waals surface area contributed by atoms with E-state index in [-0.39, 0.29) is 17.2 Å². The number of hydrogen-bond donors (Lipinski definition) is 1. The van der Waals surface area contributed by atoms with Gasteiger partial charge < -0.3 is 4.74 Å². The Bertz CT molecular complexity index is 1560.